The predicted molar refractivity (Wildman–Crippen MR) is 71.7 cm³/mol. The lowest BCUT2D eigenvalue weighted by molar-refractivity contribution is -0.384. The largest absolute Gasteiger partial charge is 0.493 e. The van der Waals surface area contributed by atoms with Crippen molar-refractivity contribution in [1.29, 1.82) is 0 Å². The molecule has 0 aromatic heterocycles. The second-order valence-corrected chi connectivity index (χ2v) is 4.74. The van der Waals surface area contributed by atoms with Crippen LogP contribution in [0.1, 0.15) is 13.3 Å². The molecule has 0 radical (unpaired) electrons. The van der Waals surface area contributed by atoms with Gasteiger partial charge in [0.2, 0.25) is 0 Å². The Bertz CT molecular complexity index is 458. The second kappa shape index (κ2) is 5.88. The highest BCUT2D eigenvalue weighted by molar-refractivity contribution is 5.59. The summed E-state index contributed by atoms with van der Waals surface area (Å²) < 4.78 is 5.48. The third-order valence-electron chi connectivity index (χ3n) is 3.14. The summed E-state index contributed by atoms with van der Waals surface area (Å²) in [5.41, 5.74) is 0.820. The van der Waals surface area contributed by atoms with Crippen molar-refractivity contribution in [2.24, 2.45) is 5.92 Å². The fourth-order valence-corrected chi connectivity index (χ4v) is 2.06. The highest BCUT2D eigenvalue weighted by Gasteiger charge is 2.27. The molecule has 1 N–H and O–H groups in total. The molecule has 1 fully saturated rings. The van der Waals surface area contributed by atoms with Crippen molar-refractivity contribution in [3.8, 4) is 5.75 Å². The number of ether oxygens (including phenoxy) is 1. The van der Waals surface area contributed by atoms with Crippen molar-refractivity contribution in [2.75, 3.05) is 31.2 Å². The van der Waals surface area contributed by atoms with Gasteiger partial charge in [0.05, 0.1) is 17.6 Å². The first-order valence-corrected chi connectivity index (χ1v) is 6.42. The normalized spacial score (nSPS) is 15.2. The Morgan fingerprint density at radius 1 is 1.47 bits per heavy atom. The van der Waals surface area contributed by atoms with Crippen LogP contribution in [0, 0.1) is 16.0 Å². The standard InChI is InChI=1S/C13H18N2O4/c1-2-3-19-13-5-11(4-12(6-13)15(17)18)14-7-10(8-14)9-16/h4-6,10,16H,2-3,7-9H2,1H3. The maximum atomic E-state index is 10.9. The molecular formula is C13H18N2O4. The Labute approximate surface area is 111 Å². The minimum absolute atomic E-state index is 0.0380. The Morgan fingerprint density at radius 2 is 2.21 bits per heavy atom. The Balaban J connectivity index is 2.17. The average molecular weight is 266 g/mol. The first kappa shape index (κ1) is 13.6. The van der Waals surface area contributed by atoms with Gasteiger partial charge in [0, 0.05) is 43.4 Å². The number of rotatable bonds is 6. The number of anilines is 1. The number of nitrogens with zero attached hydrogens (tertiary/aromatic N) is 2. The summed E-state index contributed by atoms with van der Waals surface area (Å²) in [7, 11) is 0. The number of non-ortho nitro benzene ring substituents is 1. The molecule has 1 aromatic carbocycles. The summed E-state index contributed by atoms with van der Waals surface area (Å²) in [5.74, 6) is 0.790. The van der Waals surface area contributed by atoms with Crippen LogP contribution in [-0.4, -0.2) is 36.3 Å². The van der Waals surface area contributed by atoms with Crippen LogP contribution >= 0.6 is 0 Å². The van der Waals surface area contributed by atoms with Crippen molar-refractivity contribution in [3.63, 3.8) is 0 Å². The Hall–Kier alpha value is -1.82. The third-order valence-corrected chi connectivity index (χ3v) is 3.14. The van der Waals surface area contributed by atoms with Crippen LogP contribution in [0.4, 0.5) is 11.4 Å². The summed E-state index contributed by atoms with van der Waals surface area (Å²) >= 11 is 0. The molecule has 0 amide bonds. The molecule has 0 atom stereocenters. The number of aliphatic hydroxyl groups excluding tert-OH is 1. The number of aliphatic hydroxyl groups is 1. The van der Waals surface area contributed by atoms with Crippen LogP contribution in [0.2, 0.25) is 0 Å². The van der Waals surface area contributed by atoms with E-state index in [1.54, 1.807) is 6.07 Å². The van der Waals surface area contributed by atoms with Crippen LogP contribution in [0.25, 0.3) is 0 Å². The molecule has 0 aliphatic carbocycles. The predicted octanol–water partition coefficient (Wildman–Crippen LogP) is 1.81. The van der Waals surface area contributed by atoms with E-state index in [4.69, 9.17) is 9.84 Å². The van der Waals surface area contributed by atoms with Crippen LogP contribution in [0.3, 0.4) is 0 Å². The lowest BCUT2D eigenvalue weighted by Gasteiger charge is -2.40. The molecule has 1 heterocycles. The maximum Gasteiger partial charge on any atom is 0.275 e. The monoisotopic (exact) mass is 266 g/mol. The first-order chi connectivity index (χ1) is 9.13. The van der Waals surface area contributed by atoms with Crippen LogP contribution in [-0.2, 0) is 0 Å². The molecule has 6 heteroatoms. The molecule has 2 rings (SSSR count). The van der Waals surface area contributed by atoms with Gasteiger partial charge in [0.15, 0.2) is 0 Å². The molecule has 1 aromatic rings. The molecular weight excluding hydrogens is 248 g/mol. The molecule has 0 spiro atoms. The fraction of sp³-hybridized carbons (Fsp3) is 0.538. The topological polar surface area (TPSA) is 75.8 Å². The van der Waals surface area contributed by atoms with Crippen molar-refractivity contribution in [2.45, 2.75) is 13.3 Å². The van der Waals surface area contributed by atoms with Gasteiger partial charge >= 0.3 is 0 Å². The van der Waals surface area contributed by atoms with Gasteiger partial charge in [-0.1, -0.05) is 6.92 Å². The summed E-state index contributed by atoms with van der Waals surface area (Å²) in [4.78, 5) is 12.5. The van der Waals surface area contributed by atoms with E-state index in [2.05, 4.69) is 0 Å². The molecule has 104 valence electrons. The molecule has 0 unspecified atom stereocenters. The van der Waals surface area contributed by atoms with Crippen molar-refractivity contribution < 1.29 is 14.8 Å². The summed E-state index contributed by atoms with van der Waals surface area (Å²) in [5, 5.41) is 19.9. The smallest absolute Gasteiger partial charge is 0.275 e. The van der Waals surface area contributed by atoms with E-state index in [1.807, 2.05) is 17.9 Å². The zero-order valence-electron chi connectivity index (χ0n) is 10.9. The SMILES string of the molecule is CCCOc1cc(N2CC(CO)C2)cc([N+](=O)[O-])c1. The number of hydrogen-bond donors (Lipinski definition) is 1. The van der Waals surface area contributed by atoms with Gasteiger partial charge < -0.3 is 14.7 Å². The average Bonchev–Trinajstić information content (AvgIpc) is 2.35. The number of hydrogen-bond acceptors (Lipinski definition) is 5. The minimum Gasteiger partial charge on any atom is -0.493 e. The molecule has 6 nitrogen and oxygen atoms in total. The quantitative estimate of drug-likeness (QED) is 0.627. The van der Waals surface area contributed by atoms with E-state index in [0.717, 1.165) is 25.2 Å². The molecule has 19 heavy (non-hydrogen) atoms. The summed E-state index contributed by atoms with van der Waals surface area (Å²) in [6, 6.07) is 4.81. The van der Waals surface area contributed by atoms with Crippen molar-refractivity contribution >= 4 is 11.4 Å². The highest BCUT2D eigenvalue weighted by atomic mass is 16.6. The van der Waals surface area contributed by atoms with Gasteiger partial charge in [0.1, 0.15) is 5.75 Å². The number of benzene rings is 1. The van der Waals surface area contributed by atoms with E-state index in [9.17, 15) is 10.1 Å². The molecule has 1 aliphatic heterocycles. The van der Waals surface area contributed by atoms with Crippen molar-refractivity contribution in [1.82, 2.24) is 0 Å². The molecule has 0 bridgehead atoms. The van der Waals surface area contributed by atoms with Crippen LogP contribution in [0.15, 0.2) is 18.2 Å². The van der Waals surface area contributed by atoms with Crippen LogP contribution in [0.5, 0.6) is 5.75 Å². The maximum absolute atomic E-state index is 10.9. The second-order valence-electron chi connectivity index (χ2n) is 4.74. The van der Waals surface area contributed by atoms with Gasteiger partial charge in [-0.3, -0.25) is 10.1 Å². The first-order valence-electron chi connectivity index (χ1n) is 6.42. The fourth-order valence-electron chi connectivity index (χ4n) is 2.06. The lowest BCUT2D eigenvalue weighted by Crippen LogP contribution is -2.48. The van der Waals surface area contributed by atoms with Gasteiger partial charge in [-0.15, -0.1) is 0 Å². The zero-order chi connectivity index (χ0) is 13.8. The van der Waals surface area contributed by atoms with E-state index >= 15 is 0 Å². The van der Waals surface area contributed by atoms with Gasteiger partial charge in [-0.25, -0.2) is 0 Å². The van der Waals surface area contributed by atoms with E-state index < -0.39 is 4.92 Å². The van der Waals surface area contributed by atoms with Gasteiger partial charge in [0.25, 0.3) is 5.69 Å². The minimum atomic E-state index is -0.411. The van der Waals surface area contributed by atoms with Crippen molar-refractivity contribution in [3.05, 3.63) is 28.3 Å². The molecule has 1 aliphatic rings. The van der Waals surface area contributed by atoms with Gasteiger partial charge in [-0.2, -0.15) is 0 Å². The number of nitro benzene ring substituents is 1. The summed E-state index contributed by atoms with van der Waals surface area (Å²) in [6.45, 7) is 4.14. The zero-order valence-corrected chi connectivity index (χ0v) is 10.9. The van der Waals surface area contributed by atoms with Gasteiger partial charge in [-0.05, 0) is 6.42 Å². The van der Waals surface area contributed by atoms with E-state index in [1.165, 1.54) is 6.07 Å². The highest BCUT2D eigenvalue weighted by Crippen LogP contribution is 2.32. The Kier molecular flexibility index (Phi) is 4.21. The molecule has 1 saturated heterocycles. The van der Waals surface area contributed by atoms with Crippen LogP contribution < -0.4 is 9.64 Å². The Morgan fingerprint density at radius 3 is 2.79 bits per heavy atom. The lowest BCUT2D eigenvalue weighted by atomic mass is 10.0. The molecule has 0 saturated carbocycles. The van der Waals surface area contributed by atoms with E-state index in [-0.39, 0.29) is 18.2 Å². The third kappa shape index (κ3) is 3.14. The number of nitro groups is 1. The van der Waals surface area contributed by atoms with E-state index in [0.29, 0.717) is 12.4 Å². The summed E-state index contributed by atoms with van der Waals surface area (Å²) in [6.07, 6.45) is 0.855.